The van der Waals surface area contributed by atoms with E-state index in [9.17, 15) is 15.0 Å². The normalized spacial score (nSPS) is 11.2. The third-order valence-electron chi connectivity index (χ3n) is 4.35. The molecule has 138 valence electrons. The summed E-state index contributed by atoms with van der Waals surface area (Å²) >= 11 is 0. The van der Waals surface area contributed by atoms with Crippen LogP contribution in [0.25, 0.3) is 11.0 Å². The first kappa shape index (κ1) is 19.2. The molecule has 0 aliphatic heterocycles. The number of carboxylic acid groups (broad SMARTS) is 1. The Bertz CT molecular complexity index is 693. The number of carbonyl (C=O) groups is 1. The molecule has 2 rings (SSSR count). The van der Waals surface area contributed by atoms with Gasteiger partial charge in [0.15, 0.2) is 0 Å². The number of imidazole rings is 1. The van der Waals surface area contributed by atoms with Crippen LogP contribution >= 0.6 is 0 Å². The van der Waals surface area contributed by atoms with E-state index in [0.29, 0.717) is 19.5 Å². The van der Waals surface area contributed by atoms with Gasteiger partial charge in [-0.3, -0.25) is 4.79 Å². The largest absolute Gasteiger partial charge is 0.481 e. The Morgan fingerprint density at radius 2 is 1.88 bits per heavy atom. The standard InChI is InChI=1S/C18H27N3O4/c1-20-16-8-7-14(21(9-11-22)10-12-23)13-15(16)19-17(20)5-3-2-4-6-18(24)25/h7-8,13,22-23H,2-6,9-12H2,1H3,(H,24,25). The molecule has 0 saturated heterocycles. The van der Waals surface area contributed by atoms with Gasteiger partial charge in [-0.2, -0.15) is 0 Å². The van der Waals surface area contributed by atoms with Gasteiger partial charge >= 0.3 is 5.97 Å². The van der Waals surface area contributed by atoms with Crippen molar-refractivity contribution in [2.75, 3.05) is 31.2 Å². The second-order valence-electron chi connectivity index (χ2n) is 6.15. The monoisotopic (exact) mass is 349 g/mol. The van der Waals surface area contributed by atoms with E-state index in [-0.39, 0.29) is 19.6 Å². The first-order chi connectivity index (χ1) is 12.1. The number of aliphatic hydroxyl groups excluding tert-OH is 2. The van der Waals surface area contributed by atoms with Crippen LogP contribution in [0.2, 0.25) is 0 Å². The number of aromatic nitrogens is 2. The van der Waals surface area contributed by atoms with Crippen molar-refractivity contribution in [3.8, 4) is 0 Å². The molecule has 25 heavy (non-hydrogen) atoms. The quantitative estimate of drug-likeness (QED) is 0.533. The summed E-state index contributed by atoms with van der Waals surface area (Å²) in [7, 11) is 1.99. The first-order valence-corrected chi connectivity index (χ1v) is 8.70. The molecule has 2 aromatic rings. The van der Waals surface area contributed by atoms with Crippen LogP contribution in [0.4, 0.5) is 5.69 Å². The van der Waals surface area contributed by atoms with Crippen molar-refractivity contribution in [3.63, 3.8) is 0 Å². The minimum absolute atomic E-state index is 0.0296. The number of fused-ring (bicyclic) bond motifs is 1. The second kappa shape index (κ2) is 9.39. The maximum Gasteiger partial charge on any atom is 0.303 e. The van der Waals surface area contributed by atoms with Crippen LogP contribution in [0.15, 0.2) is 18.2 Å². The number of unbranched alkanes of at least 4 members (excludes halogenated alkanes) is 2. The molecule has 0 amide bonds. The van der Waals surface area contributed by atoms with Gasteiger partial charge in [0.25, 0.3) is 0 Å². The van der Waals surface area contributed by atoms with Gasteiger partial charge in [0.05, 0.1) is 24.2 Å². The van der Waals surface area contributed by atoms with Crippen LogP contribution in [-0.4, -0.2) is 57.1 Å². The van der Waals surface area contributed by atoms with E-state index in [1.165, 1.54) is 0 Å². The molecule has 1 aromatic heterocycles. The Morgan fingerprint density at radius 3 is 2.52 bits per heavy atom. The summed E-state index contributed by atoms with van der Waals surface area (Å²) in [5.41, 5.74) is 2.86. The number of hydrogen-bond donors (Lipinski definition) is 3. The molecule has 0 fully saturated rings. The molecule has 0 atom stereocenters. The molecule has 0 radical (unpaired) electrons. The lowest BCUT2D eigenvalue weighted by molar-refractivity contribution is -0.137. The predicted octanol–water partition coefficient (Wildman–Crippen LogP) is 1.55. The molecule has 0 saturated carbocycles. The Balaban J connectivity index is 2.08. The van der Waals surface area contributed by atoms with Gasteiger partial charge in [0, 0.05) is 38.7 Å². The molecule has 0 spiro atoms. The van der Waals surface area contributed by atoms with Gasteiger partial charge in [-0.1, -0.05) is 6.42 Å². The van der Waals surface area contributed by atoms with E-state index in [1.807, 2.05) is 30.1 Å². The maximum atomic E-state index is 10.5. The molecule has 7 heteroatoms. The van der Waals surface area contributed by atoms with E-state index in [4.69, 9.17) is 10.1 Å². The Labute approximate surface area is 147 Å². The molecule has 0 aliphatic carbocycles. The van der Waals surface area contributed by atoms with Crippen LogP contribution < -0.4 is 4.90 Å². The number of aliphatic carboxylic acids is 1. The van der Waals surface area contributed by atoms with Crippen LogP contribution in [0.1, 0.15) is 31.5 Å². The zero-order valence-electron chi connectivity index (χ0n) is 14.7. The molecule has 3 N–H and O–H groups in total. The van der Waals surface area contributed by atoms with Crippen LogP contribution in [0, 0.1) is 0 Å². The number of aryl methyl sites for hydroxylation is 2. The number of hydrogen-bond acceptors (Lipinski definition) is 5. The number of carboxylic acids is 1. The smallest absolute Gasteiger partial charge is 0.303 e. The van der Waals surface area contributed by atoms with Gasteiger partial charge in [0.1, 0.15) is 5.82 Å². The lowest BCUT2D eigenvalue weighted by Crippen LogP contribution is -2.29. The highest BCUT2D eigenvalue weighted by molar-refractivity contribution is 5.80. The van der Waals surface area contributed by atoms with Crippen molar-refractivity contribution in [1.29, 1.82) is 0 Å². The van der Waals surface area contributed by atoms with Crippen LogP contribution in [0.5, 0.6) is 0 Å². The number of anilines is 1. The van der Waals surface area contributed by atoms with Crippen molar-refractivity contribution in [2.45, 2.75) is 32.1 Å². The van der Waals surface area contributed by atoms with E-state index < -0.39 is 5.97 Å². The molecular weight excluding hydrogens is 322 g/mol. The minimum atomic E-state index is -0.745. The van der Waals surface area contributed by atoms with Crippen LogP contribution in [0.3, 0.4) is 0 Å². The van der Waals surface area contributed by atoms with Crippen molar-refractivity contribution in [2.24, 2.45) is 7.05 Å². The molecule has 1 heterocycles. The third kappa shape index (κ3) is 5.17. The summed E-state index contributed by atoms with van der Waals surface area (Å²) in [6.45, 7) is 0.994. The minimum Gasteiger partial charge on any atom is -0.481 e. The summed E-state index contributed by atoms with van der Waals surface area (Å²) in [5.74, 6) is 0.240. The van der Waals surface area contributed by atoms with Gasteiger partial charge in [-0.05, 0) is 31.0 Å². The van der Waals surface area contributed by atoms with Crippen LogP contribution in [-0.2, 0) is 18.3 Å². The summed E-state index contributed by atoms with van der Waals surface area (Å²) in [6.07, 6.45) is 3.52. The number of nitrogens with zero attached hydrogens (tertiary/aromatic N) is 3. The molecule has 0 bridgehead atoms. The molecule has 7 nitrogen and oxygen atoms in total. The van der Waals surface area contributed by atoms with E-state index in [2.05, 4.69) is 4.57 Å². The second-order valence-corrected chi connectivity index (χ2v) is 6.15. The summed E-state index contributed by atoms with van der Waals surface area (Å²) in [6, 6.07) is 5.97. The van der Waals surface area contributed by atoms with Gasteiger partial charge in [-0.15, -0.1) is 0 Å². The maximum absolute atomic E-state index is 10.5. The van der Waals surface area contributed by atoms with Gasteiger partial charge < -0.3 is 24.8 Å². The van der Waals surface area contributed by atoms with E-state index in [0.717, 1.165) is 41.8 Å². The van der Waals surface area contributed by atoms with Crippen molar-refractivity contribution < 1.29 is 20.1 Å². The fourth-order valence-electron chi connectivity index (χ4n) is 3.01. The zero-order valence-corrected chi connectivity index (χ0v) is 14.7. The van der Waals surface area contributed by atoms with E-state index >= 15 is 0 Å². The highest BCUT2D eigenvalue weighted by Crippen LogP contribution is 2.23. The highest BCUT2D eigenvalue weighted by atomic mass is 16.4. The average Bonchev–Trinajstić information content (AvgIpc) is 2.89. The Hall–Kier alpha value is -2.12. The Morgan fingerprint density at radius 1 is 1.16 bits per heavy atom. The summed E-state index contributed by atoms with van der Waals surface area (Å²) in [5, 5.41) is 27.0. The molecule has 0 aliphatic rings. The summed E-state index contributed by atoms with van der Waals surface area (Å²) in [4.78, 5) is 17.2. The molecule has 0 unspecified atom stereocenters. The summed E-state index contributed by atoms with van der Waals surface area (Å²) < 4.78 is 2.07. The number of benzene rings is 1. The fourth-order valence-corrected chi connectivity index (χ4v) is 3.01. The van der Waals surface area contributed by atoms with Gasteiger partial charge in [0.2, 0.25) is 0 Å². The number of aliphatic hydroxyl groups is 2. The van der Waals surface area contributed by atoms with Gasteiger partial charge in [-0.25, -0.2) is 4.98 Å². The lowest BCUT2D eigenvalue weighted by atomic mass is 10.1. The third-order valence-corrected chi connectivity index (χ3v) is 4.35. The lowest BCUT2D eigenvalue weighted by Gasteiger charge is -2.22. The molecule has 1 aromatic carbocycles. The van der Waals surface area contributed by atoms with Crippen molar-refractivity contribution in [3.05, 3.63) is 24.0 Å². The number of rotatable bonds is 11. The van der Waals surface area contributed by atoms with Crippen molar-refractivity contribution in [1.82, 2.24) is 9.55 Å². The topological polar surface area (TPSA) is 98.8 Å². The predicted molar refractivity (Wildman–Crippen MR) is 96.9 cm³/mol. The zero-order chi connectivity index (χ0) is 18.2. The van der Waals surface area contributed by atoms with E-state index in [1.54, 1.807) is 0 Å². The Kier molecular flexibility index (Phi) is 7.21. The molecular formula is C18H27N3O4. The van der Waals surface area contributed by atoms with Crippen molar-refractivity contribution >= 4 is 22.7 Å². The average molecular weight is 349 g/mol. The first-order valence-electron chi connectivity index (χ1n) is 8.70. The fraction of sp³-hybridized carbons (Fsp3) is 0.556. The highest BCUT2D eigenvalue weighted by Gasteiger charge is 2.11. The SMILES string of the molecule is Cn1c(CCCCCC(=O)O)nc2cc(N(CCO)CCO)ccc21.